The Hall–Kier alpha value is -1.30. The third-order valence-corrected chi connectivity index (χ3v) is 33.6. The lowest BCUT2D eigenvalue weighted by Gasteiger charge is -2.62. The maximum absolute atomic E-state index is 12.6. The number of aliphatic hydroxyl groups is 18. The summed E-state index contributed by atoms with van der Waals surface area (Å²) < 4.78 is 50.6. The lowest BCUT2D eigenvalue weighted by Crippen LogP contribution is -2.73. The van der Waals surface area contributed by atoms with Crippen molar-refractivity contribution in [2.45, 2.75) is 343 Å². The standard InChI is InChI=1S/C56H92O25.C27H46O/c1-19-7-10-56(75-17-19)20(2)35-52(81-56)43(69)36-22-6-5-21-11-26(24(61)12-55(21,4)23(22)8-9-54(35,36)3)79-53-47(73)41(67)31(27(13-57)80-53)48-33(32(38(64)28(14-58)76-48)49-45(71)37(63)25(62)18-74-49)50-42(68)34(39(65)29(15-59)77-50)51-46(72)44(70)40(66)30(16-60)78-51;1-18(2)7-6-8-19(3)23-11-12-24-22-10-9-20-17-21(28)13-15-26(20,4)25(22)14-16-27(23,24)5/h19-53,57-73H,5-18H2,1-4H3;9,18-19,21-25,28H,6-8,10-17H2,1-5H3/t19?,20-,21-,22?,23?,24+,25+,26?,27+,28-,29+,30-,31-,32-,33+,34-,35?,36?,37-,38-,39-,40-,41-,42+,43?,44+,45+,46-,47+,48?,49?,50?,51?,52?,53+,54?,55?,56+;19-,21?,22?,23?,24?,25?,26?,27?/m01/s1. The molecular formula is C83H138O26. The second-order valence-electron chi connectivity index (χ2n) is 39.4. The van der Waals surface area contributed by atoms with Crippen molar-refractivity contribution in [2.24, 2.45) is 122 Å². The van der Waals surface area contributed by atoms with E-state index in [0.717, 1.165) is 86.9 Å². The van der Waals surface area contributed by atoms with E-state index in [4.69, 9.17) is 37.9 Å². The summed E-state index contributed by atoms with van der Waals surface area (Å²) in [5.74, 6) is -0.943. The summed E-state index contributed by atoms with van der Waals surface area (Å²) in [6.45, 7) is 17.8. The van der Waals surface area contributed by atoms with Gasteiger partial charge in [0.2, 0.25) is 0 Å². The second-order valence-corrected chi connectivity index (χ2v) is 39.4. The maximum atomic E-state index is 12.6. The van der Waals surface area contributed by atoms with Crippen LogP contribution in [0.4, 0.5) is 0 Å². The summed E-state index contributed by atoms with van der Waals surface area (Å²) in [7, 11) is 0. The number of aliphatic hydroxyl groups excluding tert-OH is 18. The van der Waals surface area contributed by atoms with Gasteiger partial charge in [-0.25, -0.2) is 0 Å². The molecule has 7 saturated heterocycles. The third-order valence-electron chi connectivity index (χ3n) is 33.6. The van der Waals surface area contributed by atoms with Crippen molar-refractivity contribution >= 4 is 0 Å². The van der Waals surface area contributed by atoms with E-state index in [2.05, 4.69) is 68.4 Å². The Morgan fingerprint density at radius 3 is 1.79 bits per heavy atom. The van der Waals surface area contributed by atoms with Crippen molar-refractivity contribution in [3.8, 4) is 0 Å². The number of hydrogen-bond donors (Lipinski definition) is 18. The van der Waals surface area contributed by atoms with Crippen molar-refractivity contribution in [1.82, 2.24) is 0 Å². The monoisotopic (exact) mass is 1550 g/mol. The number of hydrogen-bond acceptors (Lipinski definition) is 26. The molecule has 0 aromatic carbocycles. The molecule has 46 atom stereocenters. The highest BCUT2D eigenvalue weighted by molar-refractivity contribution is 5.26. The van der Waals surface area contributed by atoms with Crippen LogP contribution in [0.25, 0.3) is 0 Å². The van der Waals surface area contributed by atoms with Gasteiger partial charge in [-0.2, -0.15) is 0 Å². The minimum Gasteiger partial charge on any atom is -0.394 e. The van der Waals surface area contributed by atoms with E-state index in [9.17, 15) is 91.9 Å². The molecule has 0 aromatic heterocycles. The van der Waals surface area contributed by atoms with Gasteiger partial charge in [0.05, 0.1) is 125 Å². The van der Waals surface area contributed by atoms with Crippen LogP contribution in [0.1, 0.15) is 184 Å². The molecule has 18 N–H and O–H groups in total. The van der Waals surface area contributed by atoms with Crippen molar-refractivity contribution in [3.05, 3.63) is 11.6 Å². The normalized spacial score (nSPS) is 56.8. The quantitative estimate of drug-likeness (QED) is 0.0823. The average Bonchev–Trinajstić information content (AvgIpc) is 1.53. The van der Waals surface area contributed by atoms with E-state index in [1.54, 1.807) is 5.57 Å². The van der Waals surface area contributed by atoms with Gasteiger partial charge in [0, 0.05) is 41.9 Å². The molecule has 15 rings (SSSR count). The van der Waals surface area contributed by atoms with Crippen LogP contribution in [-0.2, 0) is 37.9 Å². The number of rotatable bonds is 15. The van der Waals surface area contributed by atoms with E-state index in [0.29, 0.717) is 36.2 Å². The zero-order chi connectivity index (χ0) is 78.4. The van der Waals surface area contributed by atoms with E-state index < -0.39 is 203 Å². The molecule has 0 aromatic rings. The zero-order valence-electron chi connectivity index (χ0n) is 65.8. The van der Waals surface area contributed by atoms with Crippen molar-refractivity contribution in [1.29, 1.82) is 0 Å². The summed E-state index contributed by atoms with van der Waals surface area (Å²) in [6, 6.07) is 0. The van der Waals surface area contributed by atoms with Crippen LogP contribution in [0, 0.1) is 122 Å². The summed E-state index contributed by atoms with van der Waals surface area (Å²) in [4.78, 5) is 0. The minimum atomic E-state index is -2.12. The molecule has 0 radical (unpaired) electrons. The molecule has 626 valence electrons. The first kappa shape index (κ1) is 84.2. The molecule has 26 nitrogen and oxygen atoms in total. The van der Waals surface area contributed by atoms with Gasteiger partial charge < -0.3 is 130 Å². The van der Waals surface area contributed by atoms with Gasteiger partial charge in [-0.3, -0.25) is 0 Å². The van der Waals surface area contributed by atoms with Crippen LogP contribution in [0.3, 0.4) is 0 Å². The van der Waals surface area contributed by atoms with Gasteiger partial charge in [-0.15, -0.1) is 0 Å². The molecule has 26 heteroatoms. The Morgan fingerprint density at radius 2 is 1.12 bits per heavy atom. The van der Waals surface area contributed by atoms with Crippen molar-refractivity contribution in [3.63, 3.8) is 0 Å². The number of fused-ring (bicyclic) bond motifs is 12. The first-order valence-electron chi connectivity index (χ1n) is 42.5. The molecule has 109 heavy (non-hydrogen) atoms. The lowest BCUT2D eigenvalue weighted by atomic mass is 9.44. The van der Waals surface area contributed by atoms with Crippen LogP contribution < -0.4 is 0 Å². The smallest absolute Gasteiger partial charge is 0.186 e. The fraction of sp³-hybridized carbons (Fsp3) is 0.976. The van der Waals surface area contributed by atoms with E-state index in [1.807, 2.05) is 0 Å². The number of allylic oxidation sites excluding steroid dienone is 1. The Bertz CT molecular complexity index is 3070. The van der Waals surface area contributed by atoms with E-state index in [-0.39, 0.29) is 58.5 Å². The lowest BCUT2D eigenvalue weighted by molar-refractivity contribution is -0.352. The molecule has 21 unspecified atom stereocenters. The number of ether oxygens (including phenoxy) is 8. The van der Waals surface area contributed by atoms with Crippen molar-refractivity contribution < 1.29 is 130 Å². The molecule has 14 fully saturated rings. The predicted octanol–water partition coefficient (Wildman–Crippen LogP) is 1.98. The zero-order valence-corrected chi connectivity index (χ0v) is 65.8. The molecule has 0 bridgehead atoms. The second kappa shape index (κ2) is 32.4. The van der Waals surface area contributed by atoms with E-state index in [1.165, 1.54) is 57.8 Å². The average molecular weight is 1550 g/mol. The van der Waals surface area contributed by atoms with Crippen LogP contribution in [0.5, 0.6) is 0 Å². The van der Waals surface area contributed by atoms with Gasteiger partial charge in [-0.05, 0) is 183 Å². The fourth-order valence-corrected chi connectivity index (χ4v) is 27.8. The predicted molar refractivity (Wildman–Crippen MR) is 391 cm³/mol. The highest BCUT2D eigenvalue weighted by atomic mass is 16.7. The molecule has 15 aliphatic rings. The highest BCUT2D eigenvalue weighted by Crippen LogP contribution is 2.73. The largest absolute Gasteiger partial charge is 0.394 e. The third kappa shape index (κ3) is 14.2. The van der Waals surface area contributed by atoms with Gasteiger partial charge in [0.15, 0.2) is 12.1 Å². The Kier molecular flexibility index (Phi) is 25.0. The van der Waals surface area contributed by atoms with Crippen LogP contribution in [0.2, 0.25) is 0 Å². The maximum Gasteiger partial charge on any atom is 0.186 e. The van der Waals surface area contributed by atoms with Gasteiger partial charge >= 0.3 is 0 Å². The Morgan fingerprint density at radius 1 is 0.486 bits per heavy atom. The SMILES string of the molecule is CC(C)CCC[C@@H](C)C1CCC2C3CC=C4CC(O)CCC4(C)C3CCC21C.CC1CC[C@@]2(OC1)OC1C(O)C3C4CC[C@H]5CC(O[C@@H]6O[C@H](CO)[C@H](C7O[C@@H](CO)[C@H](O)[C@@H](C8OC[C@@H](O)[C@H](O)[C@H]8O)[C@H]7C7O[C@H](CO)[C@H](O)[C@H](C8O[C@@H](CO)[C@H](O)[C@@H](O)[C@@H]8O)[C@H]7O)[C@H](O)[C@H]6O)[C@H](O)CC5(C)C4CCC3(C)C1[C@@H]2C. The van der Waals surface area contributed by atoms with Gasteiger partial charge in [0.25, 0.3) is 0 Å². The first-order chi connectivity index (χ1) is 51.7. The van der Waals surface area contributed by atoms with E-state index >= 15 is 0 Å². The van der Waals surface area contributed by atoms with Crippen molar-refractivity contribution in [2.75, 3.05) is 39.6 Å². The summed E-state index contributed by atoms with van der Waals surface area (Å²) in [5.41, 5.74) is 2.07. The fourth-order valence-electron chi connectivity index (χ4n) is 27.8. The van der Waals surface area contributed by atoms with Gasteiger partial charge in [0.1, 0.15) is 61.0 Å². The van der Waals surface area contributed by atoms with Crippen LogP contribution >= 0.6 is 0 Å². The molecule has 7 heterocycles. The summed E-state index contributed by atoms with van der Waals surface area (Å²) in [5, 5.41) is 204. The molecule has 0 amide bonds. The molecule has 7 aliphatic heterocycles. The Labute approximate surface area is 643 Å². The molecular weight excluding hydrogens is 1410 g/mol. The molecule has 8 aliphatic carbocycles. The Balaban J connectivity index is 0.000000295. The molecule has 7 saturated carbocycles. The topological polar surface area (TPSA) is 438 Å². The first-order valence-corrected chi connectivity index (χ1v) is 42.5. The summed E-state index contributed by atoms with van der Waals surface area (Å²) >= 11 is 0. The van der Waals surface area contributed by atoms with Gasteiger partial charge in [-0.1, -0.05) is 93.2 Å². The minimum absolute atomic E-state index is 0.00805. The van der Waals surface area contributed by atoms with Crippen LogP contribution in [-0.4, -0.2) is 290 Å². The summed E-state index contributed by atoms with van der Waals surface area (Å²) in [6.07, 6.45) is -16.5. The van der Waals surface area contributed by atoms with Crippen LogP contribution in [0.15, 0.2) is 11.6 Å². The molecule has 1 spiro atoms. The highest BCUT2D eigenvalue weighted by Gasteiger charge is 2.74.